The highest BCUT2D eigenvalue weighted by molar-refractivity contribution is 6.30. The normalized spacial score (nSPS) is 10.9. The van der Waals surface area contributed by atoms with Gasteiger partial charge in [0.25, 0.3) is 0 Å². The van der Waals surface area contributed by atoms with Gasteiger partial charge in [-0.1, -0.05) is 60.1 Å². The second-order valence-electron chi connectivity index (χ2n) is 7.21. The minimum Gasteiger partial charge on any atom is -0.493 e. The van der Waals surface area contributed by atoms with Gasteiger partial charge in [-0.15, -0.1) is 0 Å². The predicted octanol–water partition coefficient (Wildman–Crippen LogP) is 6.73. The molecule has 1 N–H and O–H groups in total. The lowest BCUT2D eigenvalue weighted by atomic mass is 10.1. The molecule has 0 aliphatic rings. The molecular formula is C27H22ClNO3. The lowest BCUT2D eigenvalue weighted by Gasteiger charge is -2.11. The zero-order valence-corrected chi connectivity index (χ0v) is 18.3. The third kappa shape index (κ3) is 5.48. The summed E-state index contributed by atoms with van der Waals surface area (Å²) in [5.74, 6) is 1.01. The molecule has 0 spiro atoms. The lowest BCUT2D eigenvalue weighted by Crippen LogP contribution is -2.07. The maximum atomic E-state index is 12.4. The summed E-state index contributed by atoms with van der Waals surface area (Å²) in [6.07, 6.45) is 3.24. The number of benzene rings is 4. The molecule has 4 nitrogen and oxygen atoms in total. The van der Waals surface area contributed by atoms with Crippen molar-refractivity contribution in [2.24, 2.45) is 0 Å². The minimum atomic E-state index is -0.206. The van der Waals surface area contributed by atoms with E-state index in [9.17, 15) is 4.79 Å². The third-order valence-electron chi connectivity index (χ3n) is 4.94. The number of carbonyl (C=O) groups is 1. The van der Waals surface area contributed by atoms with Crippen LogP contribution in [0.2, 0.25) is 5.02 Å². The largest absolute Gasteiger partial charge is 0.493 e. The highest BCUT2D eigenvalue weighted by Crippen LogP contribution is 2.29. The number of anilines is 1. The number of nitrogens with one attached hydrogen (secondary N) is 1. The molecule has 0 aliphatic carbocycles. The number of rotatable bonds is 7. The Morgan fingerprint density at radius 2 is 1.69 bits per heavy atom. The van der Waals surface area contributed by atoms with Gasteiger partial charge in [0, 0.05) is 16.8 Å². The van der Waals surface area contributed by atoms with E-state index < -0.39 is 0 Å². The molecule has 0 aromatic heterocycles. The molecule has 1 amide bonds. The summed E-state index contributed by atoms with van der Waals surface area (Å²) in [5.41, 5.74) is 2.59. The molecule has 4 aromatic rings. The van der Waals surface area contributed by atoms with E-state index in [1.54, 1.807) is 13.2 Å². The third-order valence-corrected chi connectivity index (χ3v) is 5.19. The van der Waals surface area contributed by atoms with Crippen molar-refractivity contribution in [1.82, 2.24) is 0 Å². The van der Waals surface area contributed by atoms with E-state index in [-0.39, 0.29) is 5.91 Å². The highest BCUT2D eigenvalue weighted by Gasteiger charge is 2.06. The molecule has 32 heavy (non-hydrogen) atoms. The zero-order chi connectivity index (χ0) is 22.3. The topological polar surface area (TPSA) is 47.6 Å². The molecular weight excluding hydrogens is 422 g/mol. The summed E-state index contributed by atoms with van der Waals surface area (Å²) in [5, 5.41) is 5.79. The van der Waals surface area contributed by atoms with Crippen molar-refractivity contribution in [3.63, 3.8) is 0 Å². The second-order valence-corrected chi connectivity index (χ2v) is 7.65. The number of hydrogen-bond acceptors (Lipinski definition) is 3. The van der Waals surface area contributed by atoms with Crippen molar-refractivity contribution >= 4 is 40.0 Å². The molecule has 0 unspecified atom stereocenters. The predicted molar refractivity (Wildman–Crippen MR) is 130 cm³/mol. The van der Waals surface area contributed by atoms with Crippen LogP contribution >= 0.6 is 11.6 Å². The van der Waals surface area contributed by atoms with E-state index >= 15 is 0 Å². The molecule has 5 heteroatoms. The van der Waals surface area contributed by atoms with Crippen molar-refractivity contribution < 1.29 is 14.3 Å². The average Bonchev–Trinajstić information content (AvgIpc) is 2.82. The van der Waals surface area contributed by atoms with Crippen molar-refractivity contribution in [3.8, 4) is 11.5 Å². The number of carbonyl (C=O) groups excluding carboxylic acids is 1. The van der Waals surface area contributed by atoms with Crippen LogP contribution in [-0.2, 0) is 11.4 Å². The summed E-state index contributed by atoms with van der Waals surface area (Å²) in [6, 6.07) is 26.9. The number of fused-ring (bicyclic) bond motifs is 1. The molecule has 0 saturated heterocycles. The Balaban J connectivity index is 1.40. The van der Waals surface area contributed by atoms with Crippen LogP contribution < -0.4 is 14.8 Å². The summed E-state index contributed by atoms with van der Waals surface area (Å²) in [6.45, 7) is 0.400. The van der Waals surface area contributed by atoms with Gasteiger partial charge in [-0.2, -0.15) is 0 Å². The molecule has 0 aliphatic heterocycles. The Kier molecular flexibility index (Phi) is 6.73. The number of halogens is 1. The molecule has 0 saturated carbocycles. The van der Waals surface area contributed by atoms with Crippen LogP contribution in [0.1, 0.15) is 11.1 Å². The Morgan fingerprint density at radius 1 is 0.906 bits per heavy atom. The first-order chi connectivity index (χ1) is 15.6. The van der Waals surface area contributed by atoms with Gasteiger partial charge in [-0.25, -0.2) is 0 Å². The molecule has 0 atom stereocenters. The minimum absolute atomic E-state index is 0.206. The Bertz CT molecular complexity index is 1270. The highest BCUT2D eigenvalue weighted by atomic mass is 35.5. The summed E-state index contributed by atoms with van der Waals surface area (Å²) >= 11 is 5.92. The standard InChI is InChI=1S/C27H22ClNO3/c1-31-26-16-19(8-14-25(26)32-18-20-6-11-23(28)12-7-20)9-15-27(30)29-24-13-10-21-4-2-3-5-22(21)17-24/h2-17H,18H2,1H3,(H,29,30). The van der Waals surface area contributed by atoms with Crippen LogP contribution in [0.25, 0.3) is 16.8 Å². The molecule has 4 rings (SSSR count). The Morgan fingerprint density at radius 3 is 2.47 bits per heavy atom. The van der Waals surface area contributed by atoms with E-state index in [0.717, 1.165) is 27.6 Å². The average molecular weight is 444 g/mol. The fourth-order valence-corrected chi connectivity index (χ4v) is 3.40. The van der Waals surface area contributed by atoms with Gasteiger partial charge in [0.05, 0.1) is 7.11 Å². The van der Waals surface area contributed by atoms with Crippen molar-refractivity contribution in [2.75, 3.05) is 12.4 Å². The van der Waals surface area contributed by atoms with Gasteiger partial charge in [0.15, 0.2) is 11.5 Å². The van der Waals surface area contributed by atoms with Crippen LogP contribution in [-0.4, -0.2) is 13.0 Å². The van der Waals surface area contributed by atoms with E-state index in [1.807, 2.05) is 84.9 Å². The van der Waals surface area contributed by atoms with Crippen LogP contribution in [0.15, 0.2) is 91.0 Å². The van der Waals surface area contributed by atoms with Gasteiger partial charge in [0.1, 0.15) is 6.61 Å². The van der Waals surface area contributed by atoms with Crippen molar-refractivity contribution in [1.29, 1.82) is 0 Å². The van der Waals surface area contributed by atoms with Crippen LogP contribution in [0.5, 0.6) is 11.5 Å². The number of ether oxygens (including phenoxy) is 2. The van der Waals surface area contributed by atoms with Crippen LogP contribution in [0.4, 0.5) is 5.69 Å². The molecule has 0 heterocycles. The lowest BCUT2D eigenvalue weighted by molar-refractivity contribution is -0.111. The molecule has 160 valence electrons. The molecule has 0 fully saturated rings. The van der Waals surface area contributed by atoms with Gasteiger partial charge in [-0.3, -0.25) is 4.79 Å². The monoisotopic (exact) mass is 443 g/mol. The second kappa shape index (κ2) is 10.0. The van der Waals surface area contributed by atoms with E-state index in [1.165, 1.54) is 6.08 Å². The van der Waals surface area contributed by atoms with Crippen LogP contribution in [0.3, 0.4) is 0 Å². The SMILES string of the molecule is COc1cc(C=CC(=O)Nc2ccc3ccccc3c2)ccc1OCc1ccc(Cl)cc1. The summed E-state index contributed by atoms with van der Waals surface area (Å²) in [7, 11) is 1.59. The van der Waals surface area contributed by atoms with E-state index in [4.69, 9.17) is 21.1 Å². The molecule has 0 radical (unpaired) electrons. The fraction of sp³-hybridized carbons (Fsp3) is 0.0741. The summed E-state index contributed by atoms with van der Waals surface area (Å²) in [4.78, 5) is 12.4. The van der Waals surface area contributed by atoms with Gasteiger partial charge < -0.3 is 14.8 Å². The zero-order valence-electron chi connectivity index (χ0n) is 17.5. The van der Waals surface area contributed by atoms with Gasteiger partial charge >= 0.3 is 0 Å². The maximum Gasteiger partial charge on any atom is 0.248 e. The quantitative estimate of drug-likeness (QED) is 0.322. The summed E-state index contributed by atoms with van der Waals surface area (Å²) < 4.78 is 11.3. The smallest absolute Gasteiger partial charge is 0.248 e. The van der Waals surface area contributed by atoms with Crippen molar-refractivity contribution in [3.05, 3.63) is 107 Å². The van der Waals surface area contributed by atoms with Crippen LogP contribution in [0, 0.1) is 0 Å². The Labute approximate surface area is 192 Å². The first kappa shape index (κ1) is 21.5. The first-order valence-corrected chi connectivity index (χ1v) is 10.5. The number of hydrogen-bond donors (Lipinski definition) is 1. The Hall–Kier alpha value is -3.76. The van der Waals surface area contributed by atoms with Crippen molar-refractivity contribution in [2.45, 2.75) is 6.61 Å². The first-order valence-electron chi connectivity index (χ1n) is 10.1. The van der Waals surface area contributed by atoms with Gasteiger partial charge in [-0.05, 0) is 64.4 Å². The van der Waals surface area contributed by atoms with Gasteiger partial charge in [0.2, 0.25) is 5.91 Å². The number of amides is 1. The maximum absolute atomic E-state index is 12.4. The fourth-order valence-electron chi connectivity index (χ4n) is 3.27. The van der Waals surface area contributed by atoms with E-state index in [2.05, 4.69) is 5.32 Å². The molecule has 0 bridgehead atoms. The molecule has 4 aromatic carbocycles. The number of methoxy groups -OCH3 is 1. The van der Waals surface area contributed by atoms with E-state index in [0.29, 0.717) is 23.1 Å².